The van der Waals surface area contributed by atoms with Crippen LogP contribution in [0.15, 0.2) is 39.9 Å². The first-order chi connectivity index (χ1) is 12.6. The lowest BCUT2D eigenvalue weighted by Gasteiger charge is -2.28. The molecule has 7 nitrogen and oxygen atoms in total. The molecular formula is C19H23N5O2. The first-order valence-corrected chi connectivity index (χ1v) is 9.13. The summed E-state index contributed by atoms with van der Waals surface area (Å²) in [5.41, 5.74) is 1.34. The van der Waals surface area contributed by atoms with Crippen molar-refractivity contribution < 1.29 is 0 Å². The quantitative estimate of drug-likeness (QED) is 0.774. The summed E-state index contributed by atoms with van der Waals surface area (Å²) < 4.78 is 3.40. The fourth-order valence-corrected chi connectivity index (χ4v) is 3.66. The van der Waals surface area contributed by atoms with Crippen molar-refractivity contribution in [2.45, 2.75) is 32.2 Å². The minimum Gasteiger partial charge on any atom is -0.342 e. The van der Waals surface area contributed by atoms with E-state index in [0.717, 1.165) is 38.3 Å². The van der Waals surface area contributed by atoms with Gasteiger partial charge in [-0.15, -0.1) is 0 Å². The number of hydrogen-bond donors (Lipinski definition) is 1. The Bertz CT molecular complexity index is 1030. The molecule has 0 bridgehead atoms. The number of imidazole rings is 1. The van der Waals surface area contributed by atoms with Crippen LogP contribution in [0.4, 0.5) is 5.95 Å². The van der Waals surface area contributed by atoms with Gasteiger partial charge in [0.25, 0.3) is 5.56 Å². The van der Waals surface area contributed by atoms with E-state index < -0.39 is 5.69 Å². The smallest absolute Gasteiger partial charge is 0.329 e. The van der Waals surface area contributed by atoms with Crippen molar-refractivity contribution in [3.05, 3.63) is 56.7 Å². The lowest BCUT2D eigenvalue weighted by Crippen LogP contribution is -2.32. The second-order valence-electron chi connectivity index (χ2n) is 6.84. The number of aromatic nitrogens is 4. The van der Waals surface area contributed by atoms with Crippen molar-refractivity contribution in [3.63, 3.8) is 0 Å². The summed E-state index contributed by atoms with van der Waals surface area (Å²) in [5, 5.41) is 0. The number of H-pyrrole nitrogens is 1. The zero-order valence-corrected chi connectivity index (χ0v) is 14.9. The Morgan fingerprint density at radius 2 is 1.81 bits per heavy atom. The van der Waals surface area contributed by atoms with E-state index in [0.29, 0.717) is 17.7 Å². The predicted octanol–water partition coefficient (Wildman–Crippen LogP) is 1.66. The molecule has 4 rings (SSSR count). The number of piperidine rings is 1. The van der Waals surface area contributed by atoms with Gasteiger partial charge in [0, 0.05) is 26.7 Å². The molecule has 1 fully saturated rings. The van der Waals surface area contributed by atoms with Gasteiger partial charge in [-0.3, -0.25) is 14.3 Å². The minimum absolute atomic E-state index is 0.369. The van der Waals surface area contributed by atoms with Gasteiger partial charge in [-0.25, -0.2) is 4.79 Å². The van der Waals surface area contributed by atoms with Gasteiger partial charge in [0.05, 0.1) is 0 Å². The fraction of sp³-hybridized carbons (Fsp3) is 0.421. The Morgan fingerprint density at radius 1 is 1.08 bits per heavy atom. The molecule has 1 aliphatic rings. The second-order valence-corrected chi connectivity index (χ2v) is 6.84. The Balaban J connectivity index is 1.82. The first-order valence-electron chi connectivity index (χ1n) is 9.13. The molecule has 0 aliphatic carbocycles. The third-order valence-corrected chi connectivity index (χ3v) is 5.09. The summed E-state index contributed by atoms with van der Waals surface area (Å²) in [6, 6.07) is 10.2. The zero-order valence-electron chi connectivity index (χ0n) is 14.9. The lowest BCUT2D eigenvalue weighted by atomic mass is 10.1. The van der Waals surface area contributed by atoms with E-state index in [1.165, 1.54) is 16.6 Å². The Morgan fingerprint density at radius 3 is 2.54 bits per heavy atom. The lowest BCUT2D eigenvalue weighted by molar-refractivity contribution is 0.555. The van der Waals surface area contributed by atoms with Crippen molar-refractivity contribution in [2.24, 2.45) is 7.05 Å². The number of nitrogens with one attached hydrogen (secondary N) is 1. The molecule has 0 unspecified atom stereocenters. The highest BCUT2D eigenvalue weighted by atomic mass is 16.2. The van der Waals surface area contributed by atoms with E-state index in [1.54, 1.807) is 7.05 Å². The predicted molar refractivity (Wildman–Crippen MR) is 102 cm³/mol. The highest BCUT2D eigenvalue weighted by Gasteiger charge is 2.22. The molecule has 2 aromatic heterocycles. The topological polar surface area (TPSA) is 75.9 Å². The molecule has 136 valence electrons. The van der Waals surface area contributed by atoms with E-state index in [9.17, 15) is 9.59 Å². The normalized spacial score (nSPS) is 14.9. The van der Waals surface area contributed by atoms with Crippen LogP contribution in [0.5, 0.6) is 0 Å². The van der Waals surface area contributed by atoms with Gasteiger partial charge in [-0.1, -0.05) is 30.3 Å². The second kappa shape index (κ2) is 6.82. The molecule has 7 heteroatoms. The first kappa shape index (κ1) is 16.6. The maximum Gasteiger partial charge on any atom is 0.329 e. The van der Waals surface area contributed by atoms with Crippen molar-refractivity contribution in [1.82, 2.24) is 19.1 Å². The van der Waals surface area contributed by atoms with E-state index in [-0.39, 0.29) is 5.56 Å². The van der Waals surface area contributed by atoms with Gasteiger partial charge in [-0.05, 0) is 31.2 Å². The van der Waals surface area contributed by atoms with Gasteiger partial charge in [0.2, 0.25) is 5.95 Å². The number of benzene rings is 1. The Labute approximate surface area is 150 Å². The molecule has 1 aliphatic heterocycles. The fourth-order valence-electron chi connectivity index (χ4n) is 3.66. The van der Waals surface area contributed by atoms with E-state index in [2.05, 4.69) is 22.0 Å². The number of aryl methyl sites for hydroxylation is 3. The van der Waals surface area contributed by atoms with Crippen LogP contribution in [0, 0.1) is 0 Å². The van der Waals surface area contributed by atoms with Gasteiger partial charge in [-0.2, -0.15) is 4.98 Å². The molecule has 1 saturated heterocycles. The summed E-state index contributed by atoms with van der Waals surface area (Å²) in [6.45, 7) is 2.51. The highest BCUT2D eigenvalue weighted by molar-refractivity contribution is 5.74. The summed E-state index contributed by atoms with van der Waals surface area (Å²) in [5.74, 6) is 0.794. The molecule has 3 aromatic rings. The number of nitrogens with zero attached hydrogens (tertiary/aromatic N) is 4. The van der Waals surface area contributed by atoms with Gasteiger partial charge < -0.3 is 9.47 Å². The van der Waals surface area contributed by atoms with E-state index in [4.69, 9.17) is 4.98 Å². The number of aromatic amines is 1. The van der Waals surface area contributed by atoms with Crippen LogP contribution in [0.25, 0.3) is 11.2 Å². The van der Waals surface area contributed by atoms with E-state index >= 15 is 0 Å². The average Bonchev–Trinajstić information content (AvgIpc) is 3.06. The van der Waals surface area contributed by atoms with E-state index in [1.807, 2.05) is 22.8 Å². The van der Waals surface area contributed by atoms with Crippen molar-refractivity contribution in [2.75, 3.05) is 18.0 Å². The van der Waals surface area contributed by atoms with Crippen LogP contribution in [0.2, 0.25) is 0 Å². The number of anilines is 1. The van der Waals surface area contributed by atoms with Gasteiger partial charge >= 0.3 is 5.69 Å². The Hall–Kier alpha value is -2.83. The maximum atomic E-state index is 12.5. The number of hydrogen-bond acceptors (Lipinski definition) is 4. The SMILES string of the molecule is Cn1c(=O)[nH]c(=O)c2c1nc(N1CCCCC1)n2CCc1ccccc1. The molecule has 1 N–H and O–H groups in total. The molecule has 1 aromatic carbocycles. The zero-order chi connectivity index (χ0) is 18.1. The molecular weight excluding hydrogens is 330 g/mol. The minimum atomic E-state index is -0.430. The largest absolute Gasteiger partial charge is 0.342 e. The van der Waals surface area contributed by atoms with Crippen LogP contribution < -0.4 is 16.1 Å². The summed E-state index contributed by atoms with van der Waals surface area (Å²) in [4.78, 5) is 33.9. The van der Waals surface area contributed by atoms with Gasteiger partial charge in [0.15, 0.2) is 11.2 Å². The van der Waals surface area contributed by atoms with Crippen LogP contribution in [0.3, 0.4) is 0 Å². The monoisotopic (exact) mass is 353 g/mol. The van der Waals surface area contributed by atoms with Crippen LogP contribution >= 0.6 is 0 Å². The Kier molecular flexibility index (Phi) is 4.36. The molecule has 0 radical (unpaired) electrons. The average molecular weight is 353 g/mol. The molecule has 0 atom stereocenters. The molecule has 0 spiro atoms. The summed E-state index contributed by atoms with van der Waals surface area (Å²) in [6.07, 6.45) is 4.27. The van der Waals surface area contributed by atoms with Crippen LogP contribution in [-0.2, 0) is 20.0 Å². The van der Waals surface area contributed by atoms with Crippen molar-refractivity contribution in [1.29, 1.82) is 0 Å². The standard InChI is InChI=1S/C19H23N5O2/c1-22-16-15(17(25)21-19(22)26)24(13-10-14-8-4-2-5-9-14)18(20-16)23-11-6-3-7-12-23/h2,4-5,8-9H,3,6-7,10-13H2,1H3,(H,21,25,26). The number of rotatable bonds is 4. The third-order valence-electron chi connectivity index (χ3n) is 5.09. The maximum absolute atomic E-state index is 12.5. The molecule has 0 saturated carbocycles. The van der Waals surface area contributed by atoms with Crippen molar-refractivity contribution >= 4 is 17.1 Å². The molecule has 0 amide bonds. The van der Waals surface area contributed by atoms with Crippen LogP contribution in [-0.4, -0.2) is 32.2 Å². The third kappa shape index (κ3) is 2.94. The highest BCUT2D eigenvalue weighted by Crippen LogP contribution is 2.23. The van der Waals surface area contributed by atoms with Gasteiger partial charge in [0.1, 0.15) is 0 Å². The molecule has 3 heterocycles. The van der Waals surface area contributed by atoms with Crippen LogP contribution in [0.1, 0.15) is 24.8 Å². The molecule has 26 heavy (non-hydrogen) atoms. The number of fused-ring (bicyclic) bond motifs is 1. The summed E-state index contributed by atoms with van der Waals surface area (Å²) in [7, 11) is 1.65. The summed E-state index contributed by atoms with van der Waals surface area (Å²) >= 11 is 0. The van der Waals surface area contributed by atoms with Crippen molar-refractivity contribution in [3.8, 4) is 0 Å².